The number of rotatable bonds is 5. The van der Waals surface area contributed by atoms with Gasteiger partial charge in [0.2, 0.25) is 0 Å². The van der Waals surface area contributed by atoms with Gasteiger partial charge in [0.05, 0.1) is 19.3 Å². The van der Waals surface area contributed by atoms with Crippen LogP contribution in [0, 0.1) is 0 Å². The minimum absolute atomic E-state index is 0.157. The number of nitrogens with zero attached hydrogens (tertiary/aromatic N) is 1. The molecule has 1 atom stereocenters. The first-order valence-corrected chi connectivity index (χ1v) is 9.07. The predicted molar refractivity (Wildman–Crippen MR) is 94.1 cm³/mol. The molecule has 0 saturated carbocycles. The number of benzene rings is 2. The fourth-order valence-electron chi connectivity index (χ4n) is 2.91. The highest BCUT2D eigenvalue weighted by Crippen LogP contribution is 2.28. The summed E-state index contributed by atoms with van der Waals surface area (Å²) < 4.78 is 5.45. The lowest BCUT2D eigenvalue weighted by molar-refractivity contribution is 0.0172. The van der Waals surface area contributed by atoms with Gasteiger partial charge >= 0.3 is 0 Å². The highest BCUT2D eigenvalue weighted by molar-refractivity contribution is 7.98. The first-order valence-electron chi connectivity index (χ1n) is 7.84. The van der Waals surface area contributed by atoms with E-state index in [0.29, 0.717) is 13.2 Å². The Balaban J connectivity index is 1.93. The van der Waals surface area contributed by atoms with Crippen LogP contribution in [-0.2, 0) is 4.74 Å². The number of ether oxygens (including phenoxy) is 1. The molecule has 4 heteroatoms. The van der Waals surface area contributed by atoms with E-state index in [-0.39, 0.29) is 11.8 Å². The van der Waals surface area contributed by atoms with Gasteiger partial charge in [0, 0.05) is 23.5 Å². The number of hydrogen-bond acceptors (Lipinski definition) is 4. The Morgan fingerprint density at radius 1 is 1.04 bits per heavy atom. The van der Waals surface area contributed by atoms with E-state index in [2.05, 4.69) is 35.4 Å². The van der Waals surface area contributed by atoms with Gasteiger partial charge in [0.25, 0.3) is 0 Å². The molecule has 1 aliphatic rings. The van der Waals surface area contributed by atoms with Crippen molar-refractivity contribution in [3.8, 4) is 0 Å². The molecular weight excluding hydrogens is 306 g/mol. The Morgan fingerprint density at radius 3 is 2.30 bits per heavy atom. The molecule has 0 spiro atoms. The molecule has 2 aromatic carbocycles. The monoisotopic (exact) mass is 327 g/mol. The van der Waals surface area contributed by atoms with Crippen LogP contribution in [0.5, 0.6) is 0 Å². The summed E-state index contributed by atoms with van der Waals surface area (Å²) in [6.07, 6.45) is 2.06. The molecule has 0 amide bonds. The standard InChI is InChI=1S/C19H21NO2S/c1-23-17-9-7-15(8-10-17)18(20-11-13-22-14-12-20)19(21)16-5-3-2-4-6-16/h2-10,18H,11-14H2,1H3. The van der Waals surface area contributed by atoms with E-state index in [9.17, 15) is 4.79 Å². The van der Waals surface area contributed by atoms with Gasteiger partial charge in [-0.25, -0.2) is 0 Å². The Kier molecular flexibility index (Phi) is 5.49. The Labute approximate surface area is 141 Å². The summed E-state index contributed by atoms with van der Waals surface area (Å²) >= 11 is 1.71. The number of morpholine rings is 1. The van der Waals surface area contributed by atoms with Gasteiger partial charge in [-0.1, -0.05) is 42.5 Å². The van der Waals surface area contributed by atoms with E-state index in [1.165, 1.54) is 4.90 Å². The molecule has 3 rings (SSSR count). The first-order chi connectivity index (χ1) is 11.3. The number of ketones is 1. The van der Waals surface area contributed by atoms with Crippen LogP contribution in [0.25, 0.3) is 0 Å². The molecule has 0 aromatic heterocycles. The smallest absolute Gasteiger partial charge is 0.184 e. The molecule has 1 aliphatic heterocycles. The number of hydrogen-bond donors (Lipinski definition) is 0. The van der Waals surface area contributed by atoms with Crippen LogP contribution in [0.4, 0.5) is 0 Å². The zero-order chi connectivity index (χ0) is 16.1. The Morgan fingerprint density at radius 2 is 1.70 bits per heavy atom. The van der Waals surface area contributed by atoms with Crippen molar-refractivity contribution in [3.05, 3.63) is 65.7 Å². The number of carbonyl (C=O) groups excluding carboxylic acids is 1. The molecule has 0 aliphatic carbocycles. The van der Waals surface area contributed by atoms with Crippen molar-refractivity contribution in [2.75, 3.05) is 32.6 Å². The topological polar surface area (TPSA) is 29.5 Å². The first kappa shape index (κ1) is 16.2. The van der Waals surface area contributed by atoms with Crippen LogP contribution in [0.1, 0.15) is 22.0 Å². The second-order valence-corrected chi connectivity index (χ2v) is 6.43. The molecule has 1 fully saturated rings. The summed E-state index contributed by atoms with van der Waals surface area (Å²) in [5, 5.41) is 0. The summed E-state index contributed by atoms with van der Waals surface area (Å²) in [4.78, 5) is 16.6. The van der Waals surface area contributed by atoms with Crippen molar-refractivity contribution in [1.29, 1.82) is 0 Å². The van der Waals surface area contributed by atoms with Gasteiger partial charge in [-0.15, -0.1) is 11.8 Å². The minimum atomic E-state index is -0.239. The van der Waals surface area contributed by atoms with Crippen LogP contribution >= 0.6 is 11.8 Å². The van der Waals surface area contributed by atoms with Crippen molar-refractivity contribution < 1.29 is 9.53 Å². The number of thioether (sulfide) groups is 1. The number of carbonyl (C=O) groups is 1. The fraction of sp³-hybridized carbons (Fsp3) is 0.316. The third kappa shape index (κ3) is 3.83. The zero-order valence-electron chi connectivity index (χ0n) is 13.3. The summed E-state index contributed by atoms with van der Waals surface area (Å²) in [6, 6.07) is 17.7. The Hall–Kier alpha value is -1.62. The molecule has 0 N–H and O–H groups in total. The lowest BCUT2D eigenvalue weighted by atomic mass is 9.95. The van der Waals surface area contributed by atoms with Gasteiger partial charge in [0.1, 0.15) is 0 Å². The van der Waals surface area contributed by atoms with Crippen LogP contribution in [0.3, 0.4) is 0 Å². The highest BCUT2D eigenvalue weighted by Gasteiger charge is 2.29. The van der Waals surface area contributed by atoms with Crippen molar-refractivity contribution in [1.82, 2.24) is 4.90 Å². The van der Waals surface area contributed by atoms with E-state index in [1.54, 1.807) is 11.8 Å². The lowest BCUT2D eigenvalue weighted by Crippen LogP contribution is -2.42. The molecule has 1 unspecified atom stereocenters. The van der Waals surface area contributed by atoms with E-state index in [4.69, 9.17) is 4.74 Å². The summed E-state index contributed by atoms with van der Waals surface area (Å²) in [6.45, 7) is 2.93. The molecule has 3 nitrogen and oxygen atoms in total. The van der Waals surface area contributed by atoms with Gasteiger partial charge in [-0.05, 0) is 24.0 Å². The minimum Gasteiger partial charge on any atom is -0.379 e. The zero-order valence-corrected chi connectivity index (χ0v) is 14.1. The molecule has 120 valence electrons. The SMILES string of the molecule is CSc1ccc(C(C(=O)c2ccccc2)N2CCOCC2)cc1. The highest BCUT2D eigenvalue weighted by atomic mass is 32.2. The second-order valence-electron chi connectivity index (χ2n) is 5.55. The van der Waals surface area contributed by atoms with Crippen LogP contribution in [0.15, 0.2) is 59.5 Å². The van der Waals surface area contributed by atoms with Gasteiger partial charge in [-0.3, -0.25) is 9.69 Å². The van der Waals surface area contributed by atoms with Gasteiger partial charge < -0.3 is 4.74 Å². The predicted octanol–water partition coefficient (Wildman–Crippen LogP) is 3.66. The van der Waals surface area contributed by atoms with E-state index in [1.807, 2.05) is 30.3 Å². The second kappa shape index (κ2) is 7.77. The largest absolute Gasteiger partial charge is 0.379 e. The fourth-order valence-corrected chi connectivity index (χ4v) is 3.32. The molecule has 2 aromatic rings. The third-order valence-corrected chi connectivity index (χ3v) is 4.89. The van der Waals surface area contributed by atoms with Gasteiger partial charge in [-0.2, -0.15) is 0 Å². The molecular formula is C19H21NO2S. The van der Waals surface area contributed by atoms with E-state index >= 15 is 0 Å². The maximum atomic E-state index is 13.1. The summed E-state index contributed by atoms with van der Waals surface area (Å²) in [7, 11) is 0. The van der Waals surface area contributed by atoms with Crippen molar-refractivity contribution in [3.63, 3.8) is 0 Å². The van der Waals surface area contributed by atoms with Crippen molar-refractivity contribution in [2.45, 2.75) is 10.9 Å². The lowest BCUT2D eigenvalue weighted by Gasteiger charge is -2.34. The van der Waals surface area contributed by atoms with Crippen LogP contribution < -0.4 is 0 Å². The third-order valence-electron chi connectivity index (χ3n) is 4.15. The van der Waals surface area contributed by atoms with Crippen LogP contribution in [0.2, 0.25) is 0 Å². The molecule has 23 heavy (non-hydrogen) atoms. The number of Topliss-reactive ketones (excluding diaryl/α,β-unsaturated/α-hetero) is 1. The van der Waals surface area contributed by atoms with E-state index < -0.39 is 0 Å². The maximum Gasteiger partial charge on any atom is 0.184 e. The van der Waals surface area contributed by atoms with E-state index in [0.717, 1.165) is 24.2 Å². The average Bonchev–Trinajstić information content (AvgIpc) is 2.64. The average molecular weight is 327 g/mol. The van der Waals surface area contributed by atoms with Gasteiger partial charge in [0.15, 0.2) is 5.78 Å². The Bertz CT molecular complexity index is 636. The summed E-state index contributed by atoms with van der Waals surface area (Å²) in [5.74, 6) is 0.157. The molecule has 1 saturated heterocycles. The molecule has 0 radical (unpaired) electrons. The quantitative estimate of drug-likeness (QED) is 0.619. The van der Waals surface area contributed by atoms with Crippen molar-refractivity contribution in [2.24, 2.45) is 0 Å². The normalized spacial score (nSPS) is 16.9. The van der Waals surface area contributed by atoms with Crippen molar-refractivity contribution >= 4 is 17.5 Å². The maximum absolute atomic E-state index is 13.1. The molecule has 0 bridgehead atoms. The molecule has 1 heterocycles. The van der Waals surface area contributed by atoms with Crippen LogP contribution in [-0.4, -0.2) is 43.2 Å². The summed E-state index contributed by atoms with van der Waals surface area (Å²) in [5.41, 5.74) is 1.82.